The van der Waals surface area contributed by atoms with E-state index in [4.69, 9.17) is 4.52 Å². The fraction of sp³-hybridized carbons (Fsp3) is 0.867. The summed E-state index contributed by atoms with van der Waals surface area (Å²) in [6.45, 7) is 9.63. The van der Waals surface area contributed by atoms with Crippen LogP contribution in [0.5, 0.6) is 0 Å². The van der Waals surface area contributed by atoms with Gasteiger partial charge in [-0.05, 0) is 44.8 Å². The molecule has 1 aromatic rings. The van der Waals surface area contributed by atoms with Crippen LogP contribution in [0.2, 0.25) is 0 Å². The molecular formula is C15H28N4O. The van der Waals surface area contributed by atoms with Crippen LogP contribution in [0.15, 0.2) is 4.52 Å². The molecule has 20 heavy (non-hydrogen) atoms. The maximum absolute atomic E-state index is 5.36. The summed E-state index contributed by atoms with van der Waals surface area (Å²) in [5.41, 5.74) is 0. The van der Waals surface area contributed by atoms with Crippen LogP contribution in [-0.4, -0.2) is 41.2 Å². The van der Waals surface area contributed by atoms with Gasteiger partial charge >= 0.3 is 0 Å². The molecular weight excluding hydrogens is 252 g/mol. The number of nitrogens with one attached hydrogen (secondary N) is 1. The lowest BCUT2D eigenvalue weighted by Gasteiger charge is -2.28. The smallest absolute Gasteiger partial charge is 0.240 e. The Morgan fingerprint density at radius 3 is 3.00 bits per heavy atom. The van der Waals surface area contributed by atoms with Gasteiger partial charge in [0.25, 0.3) is 0 Å². The van der Waals surface area contributed by atoms with Crippen molar-refractivity contribution >= 4 is 0 Å². The Labute approximate surface area is 122 Å². The minimum Gasteiger partial charge on any atom is -0.338 e. The first kappa shape index (κ1) is 15.4. The monoisotopic (exact) mass is 280 g/mol. The molecule has 0 aliphatic carbocycles. The standard InChI is InChI=1S/C15H28N4O/c1-3-5-8-14-17-15(20-18-14)12-19(4-2)11-13-7-6-9-16-10-13/h13,16H,3-12H2,1-2H3. The molecule has 2 heterocycles. The van der Waals surface area contributed by atoms with Crippen molar-refractivity contribution in [2.75, 3.05) is 26.2 Å². The maximum atomic E-state index is 5.36. The van der Waals surface area contributed by atoms with Gasteiger partial charge in [-0.15, -0.1) is 0 Å². The van der Waals surface area contributed by atoms with Gasteiger partial charge in [0.1, 0.15) is 0 Å². The highest BCUT2D eigenvalue weighted by molar-refractivity contribution is 4.87. The zero-order valence-corrected chi connectivity index (χ0v) is 12.9. The first-order valence-corrected chi connectivity index (χ1v) is 8.06. The molecule has 0 aromatic carbocycles. The van der Waals surface area contributed by atoms with Crippen molar-refractivity contribution in [1.82, 2.24) is 20.4 Å². The van der Waals surface area contributed by atoms with E-state index in [2.05, 4.69) is 34.2 Å². The van der Waals surface area contributed by atoms with Crippen LogP contribution in [-0.2, 0) is 13.0 Å². The Hall–Kier alpha value is -0.940. The number of hydrogen-bond donors (Lipinski definition) is 1. The molecule has 1 aromatic heterocycles. The number of piperidine rings is 1. The van der Waals surface area contributed by atoms with Crippen molar-refractivity contribution in [3.8, 4) is 0 Å². The van der Waals surface area contributed by atoms with E-state index >= 15 is 0 Å². The molecule has 1 saturated heterocycles. The molecule has 0 spiro atoms. The number of unbranched alkanes of at least 4 members (excludes halogenated alkanes) is 1. The number of rotatable bonds is 8. The van der Waals surface area contributed by atoms with E-state index < -0.39 is 0 Å². The third kappa shape index (κ3) is 4.87. The molecule has 1 atom stereocenters. The van der Waals surface area contributed by atoms with Crippen molar-refractivity contribution in [2.45, 2.75) is 52.5 Å². The number of nitrogens with zero attached hydrogens (tertiary/aromatic N) is 3. The van der Waals surface area contributed by atoms with Gasteiger partial charge in [-0.3, -0.25) is 4.90 Å². The molecule has 0 saturated carbocycles. The molecule has 1 aliphatic heterocycles. The van der Waals surface area contributed by atoms with E-state index in [-0.39, 0.29) is 0 Å². The summed E-state index contributed by atoms with van der Waals surface area (Å²) in [7, 11) is 0. The zero-order valence-electron chi connectivity index (χ0n) is 12.9. The zero-order chi connectivity index (χ0) is 14.2. The highest BCUT2D eigenvalue weighted by Crippen LogP contribution is 2.13. The van der Waals surface area contributed by atoms with Gasteiger partial charge in [0.15, 0.2) is 5.82 Å². The Kier molecular flexibility index (Phi) is 6.47. The molecule has 1 unspecified atom stereocenters. The van der Waals surface area contributed by atoms with Gasteiger partial charge in [0.05, 0.1) is 6.54 Å². The van der Waals surface area contributed by atoms with Crippen molar-refractivity contribution in [3.05, 3.63) is 11.7 Å². The van der Waals surface area contributed by atoms with Crippen LogP contribution in [0.4, 0.5) is 0 Å². The van der Waals surface area contributed by atoms with E-state index in [1.54, 1.807) is 0 Å². The van der Waals surface area contributed by atoms with Gasteiger partial charge < -0.3 is 9.84 Å². The second-order valence-electron chi connectivity index (χ2n) is 5.75. The van der Waals surface area contributed by atoms with E-state index in [1.165, 1.54) is 25.8 Å². The van der Waals surface area contributed by atoms with Gasteiger partial charge in [-0.1, -0.05) is 25.4 Å². The molecule has 1 aliphatic rings. The van der Waals surface area contributed by atoms with Crippen molar-refractivity contribution < 1.29 is 4.52 Å². The number of aromatic nitrogens is 2. The van der Waals surface area contributed by atoms with E-state index in [0.29, 0.717) is 0 Å². The first-order chi connectivity index (χ1) is 9.81. The number of aryl methyl sites for hydroxylation is 1. The van der Waals surface area contributed by atoms with E-state index in [1.807, 2.05) is 0 Å². The average molecular weight is 280 g/mol. The Morgan fingerprint density at radius 1 is 1.40 bits per heavy atom. The lowest BCUT2D eigenvalue weighted by atomic mass is 9.99. The summed E-state index contributed by atoms with van der Waals surface area (Å²) in [4.78, 5) is 6.91. The maximum Gasteiger partial charge on any atom is 0.240 e. The fourth-order valence-electron chi connectivity index (χ4n) is 2.73. The minimum atomic E-state index is 0.756. The summed E-state index contributed by atoms with van der Waals surface area (Å²) in [5.74, 6) is 2.38. The predicted molar refractivity (Wildman–Crippen MR) is 79.5 cm³/mol. The molecule has 0 bridgehead atoms. The molecule has 5 heteroatoms. The largest absolute Gasteiger partial charge is 0.338 e. The van der Waals surface area contributed by atoms with Crippen LogP contribution < -0.4 is 5.32 Å². The van der Waals surface area contributed by atoms with Gasteiger partial charge in [-0.25, -0.2) is 0 Å². The van der Waals surface area contributed by atoms with Gasteiger partial charge in [0, 0.05) is 13.0 Å². The van der Waals surface area contributed by atoms with Crippen LogP contribution in [0.3, 0.4) is 0 Å². The summed E-state index contributed by atoms with van der Waals surface area (Å²) in [6, 6.07) is 0. The molecule has 114 valence electrons. The Balaban J connectivity index is 1.80. The van der Waals surface area contributed by atoms with E-state index in [0.717, 1.165) is 56.7 Å². The lowest BCUT2D eigenvalue weighted by molar-refractivity contribution is 0.187. The Morgan fingerprint density at radius 2 is 2.30 bits per heavy atom. The van der Waals surface area contributed by atoms with Gasteiger partial charge in [0.2, 0.25) is 5.89 Å². The van der Waals surface area contributed by atoms with Gasteiger partial charge in [-0.2, -0.15) is 4.98 Å². The quantitative estimate of drug-likeness (QED) is 0.791. The summed E-state index contributed by atoms with van der Waals surface area (Å²) in [6.07, 6.45) is 5.85. The lowest BCUT2D eigenvalue weighted by Crippen LogP contribution is -2.38. The highest BCUT2D eigenvalue weighted by Gasteiger charge is 2.18. The topological polar surface area (TPSA) is 54.2 Å². The summed E-state index contributed by atoms with van der Waals surface area (Å²) >= 11 is 0. The fourth-order valence-corrected chi connectivity index (χ4v) is 2.73. The molecule has 0 radical (unpaired) electrons. The SMILES string of the molecule is CCCCc1noc(CN(CC)CC2CCCNC2)n1. The van der Waals surface area contributed by atoms with Crippen molar-refractivity contribution in [2.24, 2.45) is 5.92 Å². The van der Waals surface area contributed by atoms with Crippen molar-refractivity contribution in [1.29, 1.82) is 0 Å². The predicted octanol–water partition coefficient (Wildman–Crippen LogP) is 2.23. The first-order valence-electron chi connectivity index (χ1n) is 8.06. The number of hydrogen-bond acceptors (Lipinski definition) is 5. The molecule has 1 N–H and O–H groups in total. The van der Waals surface area contributed by atoms with Crippen molar-refractivity contribution in [3.63, 3.8) is 0 Å². The van der Waals surface area contributed by atoms with E-state index in [9.17, 15) is 0 Å². The van der Waals surface area contributed by atoms with Crippen LogP contribution in [0, 0.1) is 5.92 Å². The summed E-state index contributed by atoms with van der Waals surface area (Å²) < 4.78 is 5.36. The molecule has 2 rings (SSSR count). The van der Waals surface area contributed by atoms with Crippen LogP contribution in [0.1, 0.15) is 51.2 Å². The summed E-state index contributed by atoms with van der Waals surface area (Å²) in [5, 5.41) is 7.54. The highest BCUT2D eigenvalue weighted by atomic mass is 16.5. The Bertz CT molecular complexity index is 374. The average Bonchev–Trinajstić information content (AvgIpc) is 2.93. The second-order valence-corrected chi connectivity index (χ2v) is 5.75. The van der Waals surface area contributed by atoms with Crippen LogP contribution >= 0.6 is 0 Å². The third-order valence-electron chi connectivity index (χ3n) is 3.99. The minimum absolute atomic E-state index is 0.756. The molecule has 5 nitrogen and oxygen atoms in total. The van der Waals surface area contributed by atoms with Crippen LogP contribution in [0.25, 0.3) is 0 Å². The normalized spacial score (nSPS) is 19.6. The molecule has 0 amide bonds. The second kappa shape index (κ2) is 8.37. The third-order valence-corrected chi connectivity index (χ3v) is 3.99. The molecule has 1 fully saturated rings.